The monoisotopic (exact) mass is 208 g/mol. The zero-order valence-corrected chi connectivity index (χ0v) is 7.73. The smallest absolute Gasteiger partial charge is 0.345 e. The van der Waals surface area contributed by atoms with Gasteiger partial charge in [-0.25, -0.2) is 4.79 Å². The molecule has 0 aromatic heterocycles. The van der Waals surface area contributed by atoms with Crippen molar-refractivity contribution in [2.45, 2.75) is 12.5 Å². The lowest BCUT2D eigenvalue weighted by atomic mass is 10.1. The third-order valence-corrected chi connectivity index (χ3v) is 2.51. The molecule has 0 radical (unpaired) electrons. The van der Waals surface area contributed by atoms with E-state index in [0.717, 1.165) is 5.56 Å². The van der Waals surface area contributed by atoms with Crippen LogP contribution in [0.1, 0.15) is 5.56 Å². The number of hydrogen-bond donors (Lipinski definition) is 1. The van der Waals surface area contributed by atoms with Crippen molar-refractivity contribution >= 4 is 5.97 Å². The Kier molecular flexibility index (Phi) is 1.56. The Morgan fingerprint density at radius 3 is 2.73 bits per heavy atom. The molecule has 0 fully saturated rings. The summed E-state index contributed by atoms with van der Waals surface area (Å²) in [5.74, 6) is 0.892. The molecule has 0 saturated heterocycles. The van der Waals surface area contributed by atoms with Gasteiger partial charge in [-0.15, -0.1) is 0 Å². The summed E-state index contributed by atoms with van der Waals surface area (Å²) >= 11 is 0. The Labute approximate surface area is 85.2 Å². The molecule has 0 bridgehead atoms. The molecule has 0 spiro atoms. The second kappa shape index (κ2) is 2.79. The molecule has 3 rings (SSSR count). The topological polar surface area (TPSA) is 65.0 Å². The molecule has 15 heavy (non-hydrogen) atoms. The maximum absolute atomic E-state index is 10.7. The number of carboxylic acids is 1. The predicted molar refractivity (Wildman–Crippen MR) is 48.3 cm³/mol. The van der Waals surface area contributed by atoms with Crippen LogP contribution in [0.2, 0.25) is 0 Å². The second-order valence-electron chi connectivity index (χ2n) is 3.46. The van der Waals surface area contributed by atoms with E-state index in [-0.39, 0.29) is 6.79 Å². The molecule has 5 heteroatoms. The van der Waals surface area contributed by atoms with E-state index < -0.39 is 12.1 Å². The van der Waals surface area contributed by atoms with Crippen LogP contribution in [0.4, 0.5) is 0 Å². The van der Waals surface area contributed by atoms with Crippen LogP contribution in [0, 0.1) is 0 Å². The Bertz CT molecular complexity index is 407. The molecule has 0 amide bonds. The molecule has 0 saturated carbocycles. The van der Waals surface area contributed by atoms with Gasteiger partial charge in [0.25, 0.3) is 0 Å². The average Bonchev–Trinajstić information content (AvgIpc) is 2.77. The molecular formula is C10H8O5. The number of hydrogen-bond acceptors (Lipinski definition) is 4. The fourth-order valence-electron chi connectivity index (χ4n) is 1.77. The van der Waals surface area contributed by atoms with Crippen LogP contribution in [-0.2, 0) is 11.2 Å². The lowest BCUT2D eigenvalue weighted by molar-refractivity contribution is -0.144. The lowest BCUT2D eigenvalue weighted by Crippen LogP contribution is -2.24. The quantitative estimate of drug-likeness (QED) is 0.739. The van der Waals surface area contributed by atoms with Crippen molar-refractivity contribution in [1.82, 2.24) is 0 Å². The molecule has 2 heterocycles. The number of ether oxygens (including phenoxy) is 3. The highest BCUT2D eigenvalue weighted by atomic mass is 16.7. The minimum absolute atomic E-state index is 0.209. The number of aliphatic carboxylic acids is 1. The van der Waals surface area contributed by atoms with Crippen molar-refractivity contribution in [3.63, 3.8) is 0 Å². The average molecular weight is 208 g/mol. The van der Waals surface area contributed by atoms with Gasteiger partial charge in [-0.05, 0) is 6.07 Å². The van der Waals surface area contributed by atoms with Gasteiger partial charge in [0.2, 0.25) is 6.79 Å². The highest BCUT2D eigenvalue weighted by molar-refractivity contribution is 5.75. The molecule has 78 valence electrons. The molecule has 2 aliphatic heterocycles. The molecule has 1 unspecified atom stereocenters. The van der Waals surface area contributed by atoms with E-state index in [1.54, 1.807) is 12.1 Å². The first kappa shape index (κ1) is 8.40. The van der Waals surface area contributed by atoms with Gasteiger partial charge in [0.05, 0.1) is 0 Å². The minimum atomic E-state index is -0.951. The molecule has 5 nitrogen and oxygen atoms in total. The number of benzene rings is 1. The van der Waals surface area contributed by atoms with Gasteiger partial charge in [-0.1, -0.05) is 0 Å². The maximum Gasteiger partial charge on any atom is 0.345 e. The van der Waals surface area contributed by atoms with Crippen LogP contribution in [0.5, 0.6) is 17.2 Å². The number of fused-ring (bicyclic) bond motifs is 2. The maximum atomic E-state index is 10.7. The van der Waals surface area contributed by atoms with Crippen LogP contribution >= 0.6 is 0 Å². The third-order valence-electron chi connectivity index (χ3n) is 2.51. The summed E-state index contributed by atoms with van der Waals surface area (Å²) in [5, 5.41) is 8.81. The number of carbonyl (C=O) groups is 1. The Morgan fingerprint density at radius 1 is 1.27 bits per heavy atom. The fraction of sp³-hybridized carbons (Fsp3) is 0.300. The molecular weight excluding hydrogens is 200 g/mol. The second-order valence-corrected chi connectivity index (χ2v) is 3.46. The fourth-order valence-corrected chi connectivity index (χ4v) is 1.77. The highest BCUT2D eigenvalue weighted by Gasteiger charge is 2.31. The van der Waals surface area contributed by atoms with Crippen molar-refractivity contribution in [2.75, 3.05) is 6.79 Å². The van der Waals surface area contributed by atoms with Gasteiger partial charge in [-0.3, -0.25) is 0 Å². The van der Waals surface area contributed by atoms with Gasteiger partial charge in [0, 0.05) is 18.1 Å². The zero-order valence-electron chi connectivity index (χ0n) is 7.73. The van der Waals surface area contributed by atoms with Gasteiger partial charge in [-0.2, -0.15) is 0 Å². The van der Waals surface area contributed by atoms with Crippen molar-refractivity contribution < 1.29 is 24.1 Å². The normalized spacial score (nSPS) is 20.9. The van der Waals surface area contributed by atoms with E-state index in [1.165, 1.54) is 0 Å². The summed E-state index contributed by atoms with van der Waals surface area (Å²) in [7, 11) is 0. The summed E-state index contributed by atoms with van der Waals surface area (Å²) < 4.78 is 15.6. The first-order chi connectivity index (χ1) is 7.24. The Morgan fingerprint density at radius 2 is 2.00 bits per heavy atom. The van der Waals surface area contributed by atoms with E-state index in [2.05, 4.69) is 0 Å². The van der Waals surface area contributed by atoms with Crippen LogP contribution < -0.4 is 14.2 Å². The zero-order chi connectivity index (χ0) is 10.4. The van der Waals surface area contributed by atoms with Crippen molar-refractivity contribution in [2.24, 2.45) is 0 Å². The molecule has 1 atom stereocenters. The third kappa shape index (κ3) is 1.20. The first-order valence-electron chi connectivity index (χ1n) is 4.56. The summed E-state index contributed by atoms with van der Waals surface area (Å²) in [6, 6.07) is 3.46. The van der Waals surface area contributed by atoms with Crippen molar-refractivity contribution in [3.8, 4) is 17.2 Å². The first-order valence-corrected chi connectivity index (χ1v) is 4.56. The molecule has 2 aliphatic rings. The molecule has 1 aromatic carbocycles. The summed E-state index contributed by atoms with van der Waals surface area (Å²) in [5.41, 5.74) is 0.853. The number of rotatable bonds is 1. The van der Waals surface area contributed by atoms with E-state index >= 15 is 0 Å². The summed E-state index contributed by atoms with van der Waals surface area (Å²) in [6.07, 6.45) is -0.413. The van der Waals surface area contributed by atoms with Gasteiger partial charge in [0.1, 0.15) is 5.75 Å². The SMILES string of the molecule is O=C(O)C1Cc2cc3c(cc2O1)OCO3. The predicted octanol–water partition coefficient (Wildman–Crippen LogP) is 0.803. The van der Waals surface area contributed by atoms with Crippen molar-refractivity contribution in [1.29, 1.82) is 0 Å². The summed E-state index contributed by atoms with van der Waals surface area (Å²) in [6.45, 7) is 0.209. The van der Waals surface area contributed by atoms with Crippen LogP contribution in [0.25, 0.3) is 0 Å². The molecule has 1 N–H and O–H groups in total. The standard InChI is InChI=1S/C10H8O5/c11-10(12)9-2-5-1-7-8(14-4-13-7)3-6(5)15-9/h1,3,9H,2,4H2,(H,11,12). The van der Waals surface area contributed by atoms with E-state index in [4.69, 9.17) is 19.3 Å². The lowest BCUT2D eigenvalue weighted by Gasteiger charge is -2.03. The van der Waals surface area contributed by atoms with Crippen LogP contribution in [-0.4, -0.2) is 24.0 Å². The van der Waals surface area contributed by atoms with Crippen LogP contribution in [0.3, 0.4) is 0 Å². The Hall–Kier alpha value is -1.91. The van der Waals surface area contributed by atoms with E-state index in [1.807, 2.05) is 0 Å². The largest absolute Gasteiger partial charge is 0.478 e. The van der Waals surface area contributed by atoms with Gasteiger partial charge < -0.3 is 19.3 Å². The highest BCUT2D eigenvalue weighted by Crippen LogP contribution is 2.41. The Balaban J connectivity index is 1.98. The van der Waals surface area contributed by atoms with E-state index in [0.29, 0.717) is 23.7 Å². The number of carboxylic acid groups (broad SMARTS) is 1. The van der Waals surface area contributed by atoms with E-state index in [9.17, 15) is 4.79 Å². The van der Waals surface area contributed by atoms with Gasteiger partial charge in [0.15, 0.2) is 17.6 Å². The van der Waals surface area contributed by atoms with Gasteiger partial charge >= 0.3 is 5.97 Å². The van der Waals surface area contributed by atoms with Crippen LogP contribution in [0.15, 0.2) is 12.1 Å². The van der Waals surface area contributed by atoms with Crippen molar-refractivity contribution in [3.05, 3.63) is 17.7 Å². The minimum Gasteiger partial charge on any atom is -0.478 e. The molecule has 0 aliphatic carbocycles. The molecule has 1 aromatic rings. The summed E-state index contributed by atoms with van der Waals surface area (Å²) in [4.78, 5) is 10.7.